The van der Waals surface area contributed by atoms with E-state index in [0.29, 0.717) is 6.54 Å². The standard InChI is InChI=1S/C16H17FN2O/c1-11-5-3-4-6-12(11)10-19(2)16(20)14-9-13(17)7-8-15(14)18/h3-9H,10,18H2,1-2H3. The number of rotatable bonds is 3. The molecule has 2 N–H and O–H groups in total. The van der Waals surface area contributed by atoms with Crippen molar-refractivity contribution < 1.29 is 9.18 Å². The van der Waals surface area contributed by atoms with Crippen molar-refractivity contribution in [2.75, 3.05) is 12.8 Å². The first kappa shape index (κ1) is 14.1. The molecule has 0 heterocycles. The number of halogens is 1. The van der Waals surface area contributed by atoms with Crippen molar-refractivity contribution in [2.45, 2.75) is 13.5 Å². The summed E-state index contributed by atoms with van der Waals surface area (Å²) in [6.45, 7) is 2.45. The third-order valence-electron chi connectivity index (χ3n) is 3.26. The molecule has 3 nitrogen and oxygen atoms in total. The smallest absolute Gasteiger partial charge is 0.256 e. The van der Waals surface area contributed by atoms with Crippen molar-refractivity contribution in [3.05, 3.63) is 65.0 Å². The quantitative estimate of drug-likeness (QED) is 0.873. The molecule has 1 amide bonds. The average molecular weight is 272 g/mol. The SMILES string of the molecule is Cc1ccccc1CN(C)C(=O)c1cc(F)ccc1N. The van der Waals surface area contributed by atoms with Gasteiger partial charge in [-0.1, -0.05) is 24.3 Å². The second-order valence-corrected chi connectivity index (χ2v) is 4.82. The van der Waals surface area contributed by atoms with Gasteiger partial charge in [0.2, 0.25) is 0 Å². The molecule has 0 aromatic heterocycles. The van der Waals surface area contributed by atoms with Crippen LogP contribution in [0.4, 0.5) is 10.1 Å². The molecule has 0 fully saturated rings. The molecule has 2 aromatic carbocycles. The first-order valence-corrected chi connectivity index (χ1v) is 6.34. The van der Waals surface area contributed by atoms with Crippen LogP contribution in [-0.4, -0.2) is 17.9 Å². The summed E-state index contributed by atoms with van der Waals surface area (Å²) in [5.41, 5.74) is 8.38. The van der Waals surface area contributed by atoms with E-state index >= 15 is 0 Å². The predicted molar refractivity (Wildman–Crippen MR) is 77.8 cm³/mol. The topological polar surface area (TPSA) is 46.3 Å². The summed E-state index contributed by atoms with van der Waals surface area (Å²) in [5, 5.41) is 0. The van der Waals surface area contributed by atoms with Crippen LogP contribution in [-0.2, 0) is 6.54 Å². The van der Waals surface area contributed by atoms with Gasteiger partial charge in [0.05, 0.1) is 5.56 Å². The first-order chi connectivity index (χ1) is 9.49. The van der Waals surface area contributed by atoms with Crippen molar-refractivity contribution in [1.82, 2.24) is 4.90 Å². The zero-order valence-electron chi connectivity index (χ0n) is 11.6. The number of nitrogens with zero attached hydrogens (tertiary/aromatic N) is 1. The van der Waals surface area contributed by atoms with Gasteiger partial charge in [0.25, 0.3) is 5.91 Å². The third-order valence-corrected chi connectivity index (χ3v) is 3.26. The second kappa shape index (κ2) is 5.74. The number of anilines is 1. The van der Waals surface area contributed by atoms with E-state index in [9.17, 15) is 9.18 Å². The first-order valence-electron chi connectivity index (χ1n) is 6.34. The lowest BCUT2D eigenvalue weighted by Gasteiger charge is -2.19. The molecule has 4 heteroatoms. The highest BCUT2D eigenvalue weighted by Crippen LogP contribution is 2.17. The Labute approximate surface area is 117 Å². The fraction of sp³-hybridized carbons (Fsp3) is 0.188. The van der Waals surface area contributed by atoms with E-state index in [1.54, 1.807) is 7.05 Å². The number of benzene rings is 2. The Bertz CT molecular complexity index is 640. The summed E-state index contributed by atoms with van der Waals surface area (Å²) in [5.74, 6) is -0.753. The van der Waals surface area contributed by atoms with Gasteiger partial charge in [-0.25, -0.2) is 4.39 Å². The number of aryl methyl sites for hydroxylation is 1. The molecule has 2 aromatic rings. The number of nitrogens with two attached hydrogens (primary N) is 1. The Balaban J connectivity index is 2.21. The van der Waals surface area contributed by atoms with Crippen LogP contribution in [0.25, 0.3) is 0 Å². The van der Waals surface area contributed by atoms with Crippen LogP contribution in [0.3, 0.4) is 0 Å². The van der Waals surface area contributed by atoms with E-state index in [4.69, 9.17) is 5.73 Å². The summed E-state index contributed by atoms with van der Waals surface area (Å²) in [6.07, 6.45) is 0. The van der Waals surface area contributed by atoms with Crippen molar-refractivity contribution in [1.29, 1.82) is 0 Å². The molecular formula is C16H17FN2O. The van der Waals surface area contributed by atoms with Crippen LogP contribution in [0.15, 0.2) is 42.5 Å². The summed E-state index contributed by atoms with van der Waals surface area (Å²) < 4.78 is 13.2. The fourth-order valence-electron chi connectivity index (χ4n) is 2.03. The van der Waals surface area contributed by atoms with Gasteiger partial charge in [-0.2, -0.15) is 0 Å². The average Bonchev–Trinajstić information content (AvgIpc) is 2.43. The molecule has 2 rings (SSSR count). The van der Waals surface area contributed by atoms with Gasteiger partial charge in [0.1, 0.15) is 5.82 Å². The minimum Gasteiger partial charge on any atom is -0.398 e. The Kier molecular flexibility index (Phi) is 4.03. The largest absolute Gasteiger partial charge is 0.398 e. The summed E-state index contributed by atoms with van der Waals surface area (Å²) in [6, 6.07) is 11.7. The molecule has 0 aliphatic heterocycles. The van der Waals surface area contributed by atoms with Gasteiger partial charge in [-0.15, -0.1) is 0 Å². The predicted octanol–water partition coefficient (Wildman–Crippen LogP) is 2.99. The Hall–Kier alpha value is -2.36. The summed E-state index contributed by atoms with van der Waals surface area (Å²) in [4.78, 5) is 13.8. The fourth-order valence-corrected chi connectivity index (χ4v) is 2.03. The van der Waals surface area contributed by atoms with Crippen LogP contribution in [0.5, 0.6) is 0 Å². The molecule has 0 radical (unpaired) electrons. The maximum absolute atomic E-state index is 13.2. The monoisotopic (exact) mass is 272 g/mol. The van der Waals surface area contributed by atoms with Crippen LogP contribution in [0, 0.1) is 12.7 Å². The molecule has 0 unspecified atom stereocenters. The Morgan fingerprint density at radius 3 is 2.65 bits per heavy atom. The Morgan fingerprint density at radius 1 is 1.25 bits per heavy atom. The highest BCUT2D eigenvalue weighted by Gasteiger charge is 2.16. The number of carbonyl (C=O) groups excluding carboxylic acids is 1. The summed E-state index contributed by atoms with van der Waals surface area (Å²) >= 11 is 0. The maximum atomic E-state index is 13.2. The molecule has 20 heavy (non-hydrogen) atoms. The number of carbonyl (C=O) groups is 1. The lowest BCUT2D eigenvalue weighted by Crippen LogP contribution is -2.27. The molecule has 0 bridgehead atoms. The van der Waals surface area contributed by atoms with Crippen LogP contribution < -0.4 is 5.73 Å². The van der Waals surface area contributed by atoms with Gasteiger partial charge >= 0.3 is 0 Å². The van der Waals surface area contributed by atoms with Crippen LogP contribution in [0.1, 0.15) is 21.5 Å². The van der Waals surface area contributed by atoms with Crippen molar-refractivity contribution in [3.63, 3.8) is 0 Å². The highest BCUT2D eigenvalue weighted by molar-refractivity contribution is 5.98. The zero-order valence-corrected chi connectivity index (χ0v) is 11.6. The van der Waals surface area contributed by atoms with Crippen molar-refractivity contribution >= 4 is 11.6 Å². The molecule has 0 aliphatic rings. The molecular weight excluding hydrogens is 255 g/mol. The molecule has 0 saturated heterocycles. The Morgan fingerprint density at radius 2 is 1.95 bits per heavy atom. The lowest BCUT2D eigenvalue weighted by molar-refractivity contribution is 0.0785. The minimum atomic E-state index is -0.466. The number of nitrogen functional groups attached to an aromatic ring is 1. The van der Waals surface area contributed by atoms with Gasteiger partial charge in [-0.3, -0.25) is 4.79 Å². The van der Waals surface area contributed by atoms with E-state index in [1.807, 2.05) is 31.2 Å². The normalized spacial score (nSPS) is 10.3. The number of hydrogen-bond donors (Lipinski definition) is 1. The number of amides is 1. The molecule has 0 spiro atoms. The molecule has 0 saturated carbocycles. The van der Waals surface area contributed by atoms with E-state index in [2.05, 4.69) is 0 Å². The zero-order chi connectivity index (χ0) is 14.7. The van der Waals surface area contributed by atoms with Crippen molar-refractivity contribution in [2.24, 2.45) is 0 Å². The number of hydrogen-bond acceptors (Lipinski definition) is 2. The van der Waals surface area contributed by atoms with Crippen LogP contribution >= 0.6 is 0 Å². The molecule has 0 atom stereocenters. The maximum Gasteiger partial charge on any atom is 0.256 e. The van der Waals surface area contributed by atoms with Crippen LogP contribution in [0.2, 0.25) is 0 Å². The second-order valence-electron chi connectivity index (χ2n) is 4.82. The van der Waals surface area contributed by atoms with Crippen molar-refractivity contribution in [3.8, 4) is 0 Å². The van der Waals surface area contributed by atoms with Gasteiger partial charge in [0, 0.05) is 19.3 Å². The van der Waals surface area contributed by atoms with Gasteiger partial charge < -0.3 is 10.6 Å². The third kappa shape index (κ3) is 2.96. The lowest BCUT2D eigenvalue weighted by atomic mass is 10.1. The van der Waals surface area contributed by atoms with Gasteiger partial charge in [0.15, 0.2) is 0 Å². The van der Waals surface area contributed by atoms with E-state index < -0.39 is 5.82 Å². The molecule has 104 valence electrons. The minimum absolute atomic E-state index is 0.195. The molecule has 0 aliphatic carbocycles. The van der Waals surface area contributed by atoms with E-state index in [1.165, 1.54) is 23.1 Å². The van der Waals surface area contributed by atoms with E-state index in [-0.39, 0.29) is 17.2 Å². The highest BCUT2D eigenvalue weighted by atomic mass is 19.1. The summed E-state index contributed by atoms with van der Waals surface area (Å²) in [7, 11) is 1.68. The van der Waals surface area contributed by atoms with Gasteiger partial charge in [-0.05, 0) is 36.2 Å². The van der Waals surface area contributed by atoms with E-state index in [0.717, 1.165) is 11.1 Å².